The number of sulfonamides is 1. The van der Waals surface area contributed by atoms with Crippen LogP contribution >= 0.6 is 12.6 Å². The predicted octanol–water partition coefficient (Wildman–Crippen LogP) is 3.24. The molecule has 13 heteroatoms. The van der Waals surface area contributed by atoms with Gasteiger partial charge in [-0.05, 0) is 56.5 Å². The van der Waals surface area contributed by atoms with Gasteiger partial charge in [-0.15, -0.1) is 12.6 Å². The number of nitrogens with zero attached hydrogens (tertiary/aromatic N) is 3. The molecule has 226 valence electrons. The first kappa shape index (κ1) is 30.6. The second-order valence-corrected chi connectivity index (χ2v) is 14.1. The number of fused-ring (bicyclic) bond motifs is 2. The van der Waals surface area contributed by atoms with E-state index >= 15 is 0 Å². The number of hydrogen-bond acceptors (Lipinski definition) is 8. The highest BCUT2D eigenvalue weighted by atomic mass is 32.2. The van der Waals surface area contributed by atoms with Gasteiger partial charge < -0.3 is 19.8 Å². The van der Waals surface area contributed by atoms with E-state index in [4.69, 9.17) is 4.74 Å². The summed E-state index contributed by atoms with van der Waals surface area (Å²) in [6, 6.07) is 11.7. The van der Waals surface area contributed by atoms with Crippen LogP contribution in [-0.4, -0.2) is 97.1 Å². The SMILES string of the molecule is CC1(O)C[C@H]2COC[C@@H](C1)N2C[C@H]1CN(S(=O)(=O)c2ccccc2S)CCN1c1ccc(C(C)(O)C(F)(F)F)cc1. The summed E-state index contributed by atoms with van der Waals surface area (Å²) in [7, 11) is -3.86. The molecule has 0 aliphatic carbocycles. The Kier molecular flexibility index (Phi) is 8.21. The standard InChI is InChI=1S/C28H36F3N3O5S2/c1-26(35)13-21-17-39-18-22(14-26)34(21)16-23-15-32(41(37,38)25-6-4-3-5-24(25)40)11-12-33(23)20-9-7-19(8-10-20)27(2,36)28(29,30)31/h3-10,21-23,35-36,40H,11-18H2,1-2H3/t21-,22+,23-,26?,27?/m1/s1. The number of anilines is 1. The molecule has 0 spiro atoms. The van der Waals surface area contributed by atoms with Gasteiger partial charge in [0.25, 0.3) is 0 Å². The van der Waals surface area contributed by atoms with Gasteiger partial charge in [0.15, 0.2) is 5.60 Å². The Balaban J connectivity index is 1.45. The Morgan fingerprint density at radius 1 is 1.05 bits per heavy atom. The minimum absolute atomic E-state index is 0.0474. The second-order valence-electron chi connectivity index (χ2n) is 11.7. The van der Waals surface area contributed by atoms with Gasteiger partial charge in [0.1, 0.15) is 0 Å². The van der Waals surface area contributed by atoms with Crippen LogP contribution in [0.4, 0.5) is 18.9 Å². The van der Waals surface area contributed by atoms with Crippen molar-refractivity contribution in [1.29, 1.82) is 0 Å². The maximum atomic E-state index is 13.7. The number of ether oxygens (including phenoxy) is 1. The quantitative estimate of drug-likeness (QED) is 0.430. The number of aliphatic hydroxyl groups is 2. The molecule has 5 rings (SSSR count). The smallest absolute Gasteiger partial charge is 0.390 e. The summed E-state index contributed by atoms with van der Waals surface area (Å²) in [5.74, 6) is 0. The summed E-state index contributed by atoms with van der Waals surface area (Å²) in [6.07, 6.45) is -3.80. The first-order valence-corrected chi connectivity index (χ1v) is 15.5. The van der Waals surface area contributed by atoms with Crippen molar-refractivity contribution in [3.8, 4) is 0 Å². The van der Waals surface area contributed by atoms with Crippen molar-refractivity contribution in [2.75, 3.05) is 44.3 Å². The zero-order valence-corrected chi connectivity index (χ0v) is 24.7. The fraction of sp³-hybridized carbons (Fsp3) is 0.571. The van der Waals surface area contributed by atoms with Crippen molar-refractivity contribution in [1.82, 2.24) is 9.21 Å². The Bertz CT molecular complexity index is 1340. The van der Waals surface area contributed by atoms with E-state index in [1.54, 1.807) is 30.3 Å². The monoisotopic (exact) mass is 615 g/mol. The number of hydrogen-bond donors (Lipinski definition) is 3. The highest BCUT2D eigenvalue weighted by Crippen LogP contribution is 2.40. The summed E-state index contributed by atoms with van der Waals surface area (Å²) in [5.41, 5.74) is -3.46. The highest BCUT2D eigenvalue weighted by molar-refractivity contribution is 7.90. The van der Waals surface area contributed by atoms with E-state index in [1.165, 1.54) is 22.5 Å². The van der Waals surface area contributed by atoms with Crippen LogP contribution < -0.4 is 4.90 Å². The van der Waals surface area contributed by atoms with Crippen molar-refractivity contribution in [3.63, 3.8) is 0 Å². The highest BCUT2D eigenvalue weighted by Gasteiger charge is 2.51. The van der Waals surface area contributed by atoms with Crippen LogP contribution in [0.25, 0.3) is 0 Å². The summed E-state index contributed by atoms with van der Waals surface area (Å²) >= 11 is 4.36. The predicted molar refractivity (Wildman–Crippen MR) is 151 cm³/mol. The Morgan fingerprint density at radius 3 is 2.24 bits per heavy atom. The number of piperidine rings is 1. The lowest BCUT2D eigenvalue weighted by atomic mass is 9.82. The van der Waals surface area contributed by atoms with Crippen LogP contribution in [-0.2, 0) is 20.4 Å². The summed E-state index contributed by atoms with van der Waals surface area (Å²) in [4.78, 5) is 4.77. The van der Waals surface area contributed by atoms with E-state index < -0.39 is 27.4 Å². The Hall–Kier alpha value is -1.87. The molecule has 2 unspecified atom stereocenters. The lowest BCUT2D eigenvalue weighted by Crippen LogP contribution is -2.66. The van der Waals surface area contributed by atoms with E-state index in [9.17, 15) is 31.8 Å². The molecule has 2 bridgehead atoms. The molecule has 3 fully saturated rings. The maximum Gasteiger partial charge on any atom is 0.421 e. The molecule has 0 radical (unpaired) electrons. The molecule has 2 N–H and O–H groups in total. The van der Waals surface area contributed by atoms with E-state index in [0.717, 1.165) is 6.92 Å². The van der Waals surface area contributed by atoms with E-state index in [1.807, 2.05) is 11.8 Å². The van der Waals surface area contributed by atoms with Crippen LogP contribution in [0.2, 0.25) is 0 Å². The summed E-state index contributed by atoms with van der Waals surface area (Å²) < 4.78 is 74.9. The molecule has 5 atom stereocenters. The molecule has 2 aromatic rings. The van der Waals surface area contributed by atoms with Crippen molar-refractivity contribution < 1.29 is 36.5 Å². The second kappa shape index (κ2) is 11.0. The van der Waals surface area contributed by atoms with Gasteiger partial charge in [0.2, 0.25) is 10.0 Å². The van der Waals surface area contributed by atoms with E-state index in [0.29, 0.717) is 49.7 Å². The van der Waals surface area contributed by atoms with Gasteiger partial charge in [-0.2, -0.15) is 17.5 Å². The average molecular weight is 616 g/mol. The third-order valence-corrected chi connectivity index (χ3v) is 11.0. The molecular formula is C28H36F3N3O5S2. The van der Waals surface area contributed by atoms with Crippen LogP contribution in [0.15, 0.2) is 58.3 Å². The number of alkyl halides is 3. The third-order valence-electron chi connectivity index (χ3n) is 8.57. The van der Waals surface area contributed by atoms with Crippen molar-refractivity contribution >= 4 is 28.3 Å². The Labute approximate surface area is 244 Å². The van der Waals surface area contributed by atoms with Crippen LogP contribution in [0.1, 0.15) is 32.3 Å². The molecule has 0 aromatic heterocycles. The fourth-order valence-corrected chi connectivity index (χ4v) is 8.38. The molecule has 0 saturated carbocycles. The number of benzene rings is 2. The first-order chi connectivity index (χ1) is 19.1. The molecule has 8 nitrogen and oxygen atoms in total. The van der Waals surface area contributed by atoms with Gasteiger partial charge in [-0.1, -0.05) is 24.3 Å². The maximum absolute atomic E-state index is 13.7. The van der Waals surface area contributed by atoms with E-state index in [2.05, 4.69) is 17.5 Å². The molecule has 3 aliphatic rings. The molecular weight excluding hydrogens is 579 g/mol. The fourth-order valence-electron chi connectivity index (χ4n) is 6.32. The topological polar surface area (TPSA) is 93.6 Å². The van der Waals surface area contributed by atoms with Crippen molar-refractivity contribution in [2.45, 2.75) is 72.0 Å². The van der Waals surface area contributed by atoms with Gasteiger partial charge in [-0.3, -0.25) is 4.90 Å². The average Bonchev–Trinajstić information content (AvgIpc) is 2.88. The number of halogens is 3. The molecule has 2 aromatic carbocycles. The first-order valence-electron chi connectivity index (χ1n) is 13.6. The number of thiol groups is 1. The van der Waals surface area contributed by atoms with Gasteiger partial charge >= 0.3 is 6.18 Å². The zero-order valence-electron chi connectivity index (χ0n) is 23.0. The summed E-state index contributed by atoms with van der Waals surface area (Å²) in [6.45, 7) is 4.57. The lowest BCUT2D eigenvalue weighted by molar-refractivity contribution is -0.258. The largest absolute Gasteiger partial charge is 0.421 e. The third kappa shape index (κ3) is 5.99. The molecule has 41 heavy (non-hydrogen) atoms. The minimum Gasteiger partial charge on any atom is -0.390 e. The number of piperazine rings is 1. The Morgan fingerprint density at radius 2 is 1.66 bits per heavy atom. The van der Waals surface area contributed by atoms with Gasteiger partial charge in [0.05, 0.1) is 29.8 Å². The molecule has 0 amide bonds. The minimum atomic E-state index is -4.84. The van der Waals surface area contributed by atoms with Gasteiger partial charge in [0, 0.05) is 48.8 Å². The normalized spacial score (nSPS) is 29.8. The summed E-state index contributed by atoms with van der Waals surface area (Å²) in [5, 5.41) is 20.9. The van der Waals surface area contributed by atoms with Crippen molar-refractivity contribution in [2.24, 2.45) is 0 Å². The van der Waals surface area contributed by atoms with Crippen LogP contribution in [0.3, 0.4) is 0 Å². The van der Waals surface area contributed by atoms with Gasteiger partial charge in [-0.25, -0.2) is 8.42 Å². The molecule has 3 saturated heterocycles. The van der Waals surface area contributed by atoms with E-state index in [-0.39, 0.29) is 41.7 Å². The molecule has 3 heterocycles. The van der Waals surface area contributed by atoms with Crippen LogP contribution in [0.5, 0.6) is 0 Å². The number of morpholine rings is 1. The van der Waals surface area contributed by atoms with Crippen LogP contribution in [0, 0.1) is 0 Å². The molecule has 3 aliphatic heterocycles. The van der Waals surface area contributed by atoms with Crippen molar-refractivity contribution in [3.05, 3.63) is 54.1 Å². The zero-order chi connectivity index (χ0) is 29.8. The lowest BCUT2D eigenvalue weighted by Gasteiger charge is -2.53. The number of rotatable bonds is 6.